The van der Waals surface area contributed by atoms with Crippen LogP contribution in [0.1, 0.15) is 41.9 Å². The number of aromatic nitrogens is 2. The fourth-order valence-electron chi connectivity index (χ4n) is 3.59. The second-order valence-electron chi connectivity index (χ2n) is 7.40. The summed E-state index contributed by atoms with van der Waals surface area (Å²) in [6.45, 7) is 6.14. The van der Waals surface area contributed by atoms with Crippen molar-refractivity contribution in [2.75, 3.05) is 0 Å². The molecule has 0 fully saturated rings. The molecule has 4 aromatic rings. The van der Waals surface area contributed by atoms with Gasteiger partial charge in [-0.15, -0.1) is 0 Å². The second-order valence-corrected chi connectivity index (χ2v) is 7.40. The molecule has 4 rings (SSSR count). The molecule has 0 saturated heterocycles. The molecule has 0 radical (unpaired) electrons. The molecule has 0 aliphatic rings. The van der Waals surface area contributed by atoms with Gasteiger partial charge in [0.25, 0.3) is 0 Å². The summed E-state index contributed by atoms with van der Waals surface area (Å²) >= 11 is 0. The lowest BCUT2D eigenvalue weighted by atomic mass is 10.0. The lowest BCUT2D eigenvalue weighted by Crippen LogP contribution is -2.30. The van der Waals surface area contributed by atoms with E-state index in [1.54, 1.807) is 6.26 Å². The molecule has 5 nitrogen and oxygen atoms in total. The van der Waals surface area contributed by atoms with Crippen molar-refractivity contribution in [1.82, 2.24) is 15.3 Å². The lowest BCUT2D eigenvalue weighted by molar-refractivity contribution is -0.121. The zero-order valence-electron chi connectivity index (χ0n) is 17.0. The topological polar surface area (TPSA) is 70.9 Å². The lowest BCUT2D eigenvalue weighted by Gasteiger charge is -2.14. The summed E-state index contributed by atoms with van der Waals surface area (Å²) in [7, 11) is 0. The Morgan fingerprint density at radius 2 is 1.97 bits per heavy atom. The molecule has 2 aromatic carbocycles. The van der Waals surface area contributed by atoms with Crippen LogP contribution < -0.4 is 5.32 Å². The summed E-state index contributed by atoms with van der Waals surface area (Å²) in [5.74, 6) is 0.721. The number of aryl methyl sites for hydroxylation is 2. The molecule has 2 N–H and O–H groups in total. The summed E-state index contributed by atoms with van der Waals surface area (Å²) in [5, 5.41) is 4.10. The van der Waals surface area contributed by atoms with Gasteiger partial charge in [-0.25, -0.2) is 4.98 Å². The van der Waals surface area contributed by atoms with Gasteiger partial charge in [0.15, 0.2) is 0 Å². The van der Waals surface area contributed by atoms with E-state index in [1.807, 2.05) is 56.4 Å². The van der Waals surface area contributed by atoms with Gasteiger partial charge >= 0.3 is 0 Å². The van der Waals surface area contributed by atoms with Crippen molar-refractivity contribution in [1.29, 1.82) is 0 Å². The molecule has 5 heteroatoms. The molecule has 148 valence electrons. The number of aromatic amines is 1. The van der Waals surface area contributed by atoms with Crippen molar-refractivity contribution >= 4 is 16.9 Å². The zero-order valence-corrected chi connectivity index (χ0v) is 17.0. The third-order valence-corrected chi connectivity index (χ3v) is 5.45. The van der Waals surface area contributed by atoms with E-state index < -0.39 is 0 Å². The summed E-state index contributed by atoms with van der Waals surface area (Å²) in [5.41, 5.74) is 6.08. The van der Waals surface area contributed by atoms with Crippen LogP contribution in [0.3, 0.4) is 0 Å². The van der Waals surface area contributed by atoms with E-state index in [1.165, 1.54) is 5.56 Å². The third-order valence-electron chi connectivity index (χ3n) is 5.45. The molecule has 1 atom stereocenters. The SMILES string of the molecule is CCC(NC(=O)Cc1coc2c(C)c(C)ccc12)c1ncc(-c2ccccc2)[nH]1. The molecular formula is C24H25N3O2. The van der Waals surface area contributed by atoms with Crippen molar-refractivity contribution in [2.24, 2.45) is 0 Å². The average Bonchev–Trinajstić information content (AvgIpc) is 3.38. The van der Waals surface area contributed by atoms with Crippen LogP contribution in [0.25, 0.3) is 22.2 Å². The van der Waals surface area contributed by atoms with Gasteiger partial charge in [-0.1, -0.05) is 49.4 Å². The highest BCUT2D eigenvalue weighted by molar-refractivity contribution is 5.89. The smallest absolute Gasteiger partial charge is 0.225 e. The van der Waals surface area contributed by atoms with E-state index in [2.05, 4.69) is 28.3 Å². The van der Waals surface area contributed by atoms with E-state index in [4.69, 9.17) is 4.42 Å². The number of nitrogens with one attached hydrogen (secondary N) is 2. The summed E-state index contributed by atoms with van der Waals surface area (Å²) in [6, 6.07) is 14.0. The monoisotopic (exact) mass is 387 g/mol. The number of hydrogen-bond acceptors (Lipinski definition) is 3. The fourth-order valence-corrected chi connectivity index (χ4v) is 3.59. The molecule has 2 aromatic heterocycles. The summed E-state index contributed by atoms with van der Waals surface area (Å²) in [6.07, 6.45) is 4.53. The van der Waals surface area contributed by atoms with Crippen LogP contribution in [0.15, 0.2) is 59.3 Å². The van der Waals surface area contributed by atoms with Crippen LogP contribution in [0.2, 0.25) is 0 Å². The molecule has 0 aliphatic heterocycles. The maximum absolute atomic E-state index is 12.7. The molecule has 2 heterocycles. The van der Waals surface area contributed by atoms with Crippen molar-refractivity contribution in [3.63, 3.8) is 0 Å². The Morgan fingerprint density at radius 3 is 2.72 bits per heavy atom. The van der Waals surface area contributed by atoms with Crippen molar-refractivity contribution in [2.45, 2.75) is 39.7 Å². The van der Waals surface area contributed by atoms with E-state index in [0.717, 1.165) is 45.6 Å². The minimum absolute atomic E-state index is 0.0459. The number of fused-ring (bicyclic) bond motifs is 1. The number of carbonyl (C=O) groups excluding carboxylic acids is 1. The fraction of sp³-hybridized carbons (Fsp3) is 0.250. The van der Waals surface area contributed by atoms with Gasteiger partial charge in [0.2, 0.25) is 5.91 Å². The molecule has 0 bridgehead atoms. The predicted molar refractivity (Wildman–Crippen MR) is 115 cm³/mol. The number of benzene rings is 2. The number of nitrogens with zero attached hydrogens (tertiary/aromatic N) is 1. The van der Waals surface area contributed by atoms with Crippen LogP contribution in [-0.2, 0) is 11.2 Å². The molecule has 1 amide bonds. The third kappa shape index (κ3) is 3.81. The van der Waals surface area contributed by atoms with Gasteiger partial charge < -0.3 is 14.7 Å². The first-order chi connectivity index (χ1) is 14.1. The largest absolute Gasteiger partial charge is 0.464 e. The van der Waals surface area contributed by atoms with Crippen molar-refractivity contribution in [3.8, 4) is 11.3 Å². The van der Waals surface area contributed by atoms with Crippen molar-refractivity contribution < 1.29 is 9.21 Å². The van der Waals surface area contributed by atoms with Crippen molar-refractivity contribution in [3.05, 3.63) is 77.4 Å². The Bertz CT molecular complexity index is 1140. The standard InChI is InChI=1S/C24H25N3O2/c1-4-20(24-25-13-21(27-24)17-8-6-5-7-9-17)26-22(28)12-18-14-29-23-16(3)15(2)10-11-19(18)23/h5-11,13-14,20H,4,12H2,1-3H3,(H,25,27)(H,26,28). The minimum atomic E-state index is -0.165. The Kier molecular flexibility index (Phi) is 5.21. The quantitative estimate of drug-likeness (QED) is 0.475. The minimum Gasteiger partial charge on any atom is -0.464 e. The van der Waals surface area contributed by atoms with E-state index >= 15 is 0 Å². The van der Waals surface area contributed by atoms with Gasteiger partial charge in [-0.05, 0) is 37.0 Å². The molecule has 29 heavy (non-hydrogen) atoms. The van der Waals surface area contributed by atoms with Crippen LogP contribution in [0.4, 0.5) is 0 Å². The number of carbonyl (C=O) groups is 1. The van der Waals surface area contributed by atoms with E-state index in [-0.39, 0.29) is 18.4 Å². The molecule has 1 unspecified atom stereocenters. The Morgan fingerprint density at radius 1 is 1.17 bits per heavy atom. The highest BCUT2D eigenvalue weighted by Crippen LogP contribution is 2.27. The van der Waals surface area contributed by atoms with Gasteiger partial charge in [0.1, 0.15) is 11.4 Å². The molecule has 0 spiro atoms. The van der Waals surface area contributed by atoms with E-state index in [0.29, 0.717) is 0 Å². The number of amides is 1. The Balaban J connectivity index is 1.49. The Labute approximate surface area is 170 Å². The molecule has 0 saturated carbocycles. The molecule has 0 aliphatic carbocycles. The van der Waals surface area contributed by atoms with Gasteiger partial charge in [-0.2, -0.15) is 0 Å². The number of rotatable bonds is 6. The first-order valence-electron chi connectivity index (χ1n) is 9.92. The zero-order chi connectivity index (χ0) is 20.4. The van der Waals surface area contributed by atoms with Crippen LogP contribution in [-0.4, -0.2) is 15.9 Å². The average molecular weight is 387 g/mol. The van der Waals surface area contributed by atoms with Crippen LogP contribution in [0.5, 0.6) is 0 Å². The molecular weight excluding hydrogens is 362 g/mol. The Hall–Kier alpha value is -3.34. The predicted octanol–water partition coefficient (Wildman–Crippen LogP) is 5.25. The number of H-pyrrole nitrogens is 1. The highest BCUT2D eigenvalue weighted by atomic mass is 16.3. The number of hydrogen-bond donors (Lipinski definition) is 2. The second kappa shape index (κ2) is 7.95. The van der Waals surface area contributed by atoms with Crippen LogP contribution in [0, 0.1) is 13.8 Å². The highest BCUT2D eigenvalue weighted by Gasteiger charge is 2.18. The first kappa shape index (κ1) is 19.0. The summed E-state index contributed by atoms with van der Waals surface area (Å²) < 4.78 is 5.73. The number of furan rings is 1. The van der Waals surface area contributed by atoms with Gasteiger partial charge in [0.05, 0.1) is 30.6 Å². The first-order valence-corrected chi connectivity index (χ1v) is 9.92. The maximum atomic E-state index is 12.7. The van der Waals surface area contributed by atoms with E-state index in [9.17, 15) is 4.79 Å². The van der Waals surface area contributed by atoms with Gasteiger partial charge in [-0.3, -0.25) is 4.79 Å². The van der Waals surface area contributed by atoms with Gasteiger partial charge in [0, 0.05) is 10.9 Å². The summed E-state index contributed by atoms with van der Waals surface area (Å²) in [4.78, 5) is 20.6. The number of imidazole rings is 1. The normalized spacial score (nSPS) is 12.2. The maximum Gasteiger partial charge on any atom is 0.225 e. The van der Waals surface area contributed by atoms with Crippen LogP contribution >= 0.6 is 0 Å².